The molecule has 0 amide bonds. The topological polar surface area (TPSA) is 71.8 Å². The van der Waals surface area contributed by atoms with Crippen molar-refractivity contribution in [3.63, 3.8) is 0 Å². The molecule has 1 heterocycles. The van der Waals surface area contributed by atoms with Gasteiger partial charge >= 0.3 is 5.97 Å². The molecule has 21 heavy (non-hydrogen) atoms. The lowest BCUT2D eigenvalue weighted by molar-refractivity contribution is 0.0563. The highest BCUT2D eigenvalue weighted by Crippen LogP contribution is 2.20. The molecular formula is C16H18N2O3. The first-order valence-corrected chi connectivity index (χ1v) is 6.89. The summed E-state index contributed by atoms with van der Waals surface area (Å²) >= 11 is 0. The Morgan fingerprint density at radius 2 is 2.14 bits per heavy atom. The van der Waals surface area contributed by atoms with E-state index >= 15 is 0 Å². The van der Waals surface area contributed by atoms with Gasteiger partial charge in [-0.05, 0) is 25.5 Å². The number of hydrogen-bond acceptors (Lipinski definition) is 5. The van der Waals surface area contributed by atoms with Gasteiger partial charge in [-0.15, -0.1) is 0 Å². The van der Waals surface area contributed by atoms with Crippen molar-refractivity contribution >= 4 is 22.6 Å². The zero-order chi connectivity index (χ0) is 15.2. The largest absolute Gasteiger partial charge is 0.456 e. The molecule has 0 aliphatic carbocycles. The molecule has 2 aromatic rings. The van der Waals surface area contributed by atoms with Crippen molar-refractivity contribution in [1.29, 1.82) is 0 Å². The van der Waals surface area contributed by atoms with Crippen LogP contribution < -0.4 is 0 Å². The molecule has 0 unspecified atom stereocenters. The highest BCUT2D eigenvalue weighted by molar-refractivity contribution is 6.04. The van der Waals surface area contributed by atoms with Crippen LogP contribution in [-0.2, 0) is 11.2 Å². The third kappa shape index (κ3) is 3.56. The normalized spacial score (nSPS) is 11.6. The van der Waals surface area contributed by atoms with E-state index in [1.54, 1.807) is 13.0 Å². The Labute approximate surface area is 123 Å². The van der Waals surface area contributed by atoms with Crippen molar-refractivity contribution in [2.24, 2.45) is 5.16 Å². The zero-order valence-corrected chi connectivity index (χ0v) is 12.2. The minimum Gasteiger partial charge on any atom is -0.456 e. The van der Waals surface area contributed by atoms with Crippen LogP contribution >= 0.6 is 0 Å². The maximum Gasteiger partial charge on any atom is 0.339 e. The number of pyridine rings is 1. The van der Waals surface area contributed by atoms with Crippen LogP contribution in [0.1, 0.15) is 36.3 Å². The number of rotatable bonds is 5. The van der Waals surface area contributed by atoms with Gasteiger partial charge in [0.25, 0.3) is 0 Å². The van der Waals surface area contributed by atoms with Crippen LogP contribution in [0.5, 0.6) is 0 Å². The first kappa shape index (κ1) is 15.0. The molecule has 0 aliphatic rings. The summed E-state index contributed by atoms with van der Waals surface area (Å²) in [7, 11) is 0. The number of nitrogens with zero attached hydrogens (tertiary/aromatic N) is 2. The molecule has 5 heteroatoms. The maximum atomic E-state index is 12.2. The van der Waals surface area contributed by atoms with E-state index in [0.717, 1.165) is 29.4 Å². The number of benzene rings is 1. The number of ether oxygens (including phenoxy) is 1. The Kier molecular flexibility index (Phi) is 4.87. The van der Waals surface area contributed by atoms with Crippen LogP contribution in [0.15, 0.2) is 35.5 Å². The van der Waals surface area contributed by atoms with Gasteiger partial charge in [0, 0.05) is 11.1 Å². The van der Waals surface area contributed by atoms with Crippen molar-refractivity contribution in [3.05, 3.63) is 41.6 Å². The van der Waals surface area contributed by atoms with Crippen molar-refractivity contribution in [2.45, 2.75) is 26.7 Å². The average Bonchev–Trinajstić information content (AvgIpc) is 2.51. The molecule has 0 fully saturated rings. The lowest BCUT2D eigenvalue weighted by Gasteiger charge is -2.09. The number of fused-ring (bicyclic) bond motifs is 1. The number of aryl methyl sites for hydroxylation is 1. The molecule has 0 spiro atoms. The van der Waals surface area contributed by atoms with Gasteiger partial charge < -0.3 is 9.94 Å². The van der Waals surface area contributed by atoms with Crippen molar-refractivity contribution in [2.75, 3.05) is 6.61 Å². The second-order valence-corrected chi connectivity index (χ2v) is 4.84. The van der Waals surface area contributed by atoms with Crippen LogP contribution in [0.4, 0.5) is 0 Å². The van der Waals surface area contributed by atoms with Gasteiger partial charge in [0.05, 0.1) is 16.8 Å². The van der Waals surface area contributed by atoms with Crippen LogP contribution in [0.3, 0.4) is 0 Å². The van der Waals surface area contributed by atoms with Crippen molar-refractivity contribution in [3.8, 4) is 0 Å². The fourth-order valence-electron chi connectivity index (χ4n) is 2.06. The monoisotopic (exact) mass is 286 g/mol. The first-order chi connectivity index (χ1) is 10.2. The van der Waals surface area contributed by atoms with E-state index in [4.69, 9.17) is 9.94 Å². The first-order valence-electron chi connectivity index (χ1n) is 6.89. The Balaban J connectivity index is 2.38. The molecule has 110 valence electrons. The zero-order valence-electron chi connectivity index (χ0n) is 12.2. The van der Waals surface area contributed by atoms with Gasteiger partial charge in [0.2, 0.25) is 0 Å². The fraction of sp³-hybridized carbons (Fsp3) is 0.312. The number of esters is 1. The van der Waals surface area contributed by atoms with Gasteiger partial charge in [-0.25, -0.2) is 4.79 Å². The predicted molar refractivity (Wildman–Crippen MR) is 80.9 cm³/mol. The van der Waals surface area contributed by atoms with Crippen LogP contribution in [0, 0.1) is 0 Å². The van der Waals surface area contributed by atoms with E-state index in [2.05, 4.69) is 17.1 Å². The SMILES string of the molecule is CCCc1cc(C(=O)OCC(C)=NO)c2ccccc2n1. The van der Waals surface area contributed by atoms with E-state index in [0.29, 0.717) is 11.3 Å². The van der Waals surface area contributed by atoms with Gasteiger partial charge in [-0.1, -0.05) is 36.7 Å². The molecule has 2 rings (SSSR count). The standard InChI is InChI=1S/C16H18N2O3/c1-3-6-12-9-14(16(19)21-10-11(2)18-20)13-7-4-5-8-15(13)17-12/h4-5,7-9,20H,3,6,10H2,1-2H3. The minimum absolute atomic E-state index is 0.0326. The van der Waals surface area contributed by atoms with Crippen LogP contribution in [0.25, 0.3) is 10.9 Å². The summed E-state index contributed by atoms with van der Waals surface area (Å²) in [5, 5.41) is 12.3. The van der Waals surface area contributed by atoms with E-state index in [1.165, 1.54) is 0 Å². The molecule has 1 aromatic heterocycles. The Morgan fingerprint density at radius 3 is 2.86 bits per heavy atom. The van der Waals surface area contributed by atoms with Gasteiger partial charge in [-0.2, -0.15) is 0 Å². The third-order valence-electron chi connectivity index (χ3n) is 3.08. The quantitative estimate of drug-likeness (QED) is 0.396. The van der Waals surface area contributed by atoms with Gasteiger partial charge in [0.1, 0.15) is 6.61 Å². The molecule has 0 radical (unpaired) electrons. The fourth-order valence-corrected chi connectivity index (χ4v) is 2.06. The van der Waals surface area contributed by atoms with Crippen LogP contribution in [0.2, 0.25) is 0 Å². The number of oxime groups is 1. The van der Waals surface area contributed by atoms with E-state index in [-0.39, 0.29) is 6.61 Å². The summed E-state index contributed by atoms with van der Waals surface area (Å²) in [6.45, 7) is 3.62. The predicted octanol–water partition coefficient (Wildman–Crippen LogP) is 3.19. The molecule has 0 atom stereocenters. The molecule has 5 nitrogen and oxygen atoms in total. The van der Waals surface area contributed by atoms with Gasteiger partial charge in [0.15, 0.2) is 0 Å². The number of carbonyl (C=O) groups excluding carboxylic acids is 1. The number of carbonyl (C=O) groups is 1. The maximum absolute atomic E-state index is 12.2. The Bertz CT molecular complexity index is 680. The summed E-state index contributed by atoms with van der Waals surface area (Å²) in [6, 6.07) is 9.26. The second kappa shape index (κ2) is 6.83. The number of para-hydroxylation sites is 1. The number of aromatic nitrogens is 1. The van der Waals surface area contributed by atoms with E-state index in [1.807, 2.05) is 24.3 Å². The summed E-state index contributed by atoms with van der Waals surface area (Å²) in [6.07, 6.45) is 1.76. The summed E-state index contributed by atoms with van der Waals surface area (Å²) < 4.78 is 5.16. The van der Waals surface area contributed by atoms with Crippen LogP contribution in [-0.4, -0.2) is 28.5 Å². The molecule has 1 aromatic carbocycles. The van der Waals surface area contributed by atoms with Crippen molar-refractivity contribution in [1.82, 2.24) is 4.98 Å². The minimum atomic E-state index is -0.436. The third-order valence-corrected chi connectivity index (χ3v) is 3.08. The highest BCUT2D eigenvalue weighted by atomic mass is 16.5. The Morgan fingerprint density at radius 1 is 1.38 bits per heavy atom. The van der Waals surface area contributed by atoms with Gasteiger partial charge in [-0.3, -0.25) is 4.98 Å². The Hall–Kier alpha value is -2.43. The van der Waals surface area contributed by atoms with E-state index < -0.39 is 5.97 Å². The summed E-state index contributed by atoms with van der Waals surface area (Å²) in [5.74, 6) is -0.436. The number of hydrogen-bond donors (Lipinski definition) is 1. The average molecular weight is 286 g/mol. The summed E-state index contributed by atoms with van der Waals surface area (Å²) in [5.41, 5.74) is 2.49. The lowest BCUT2D eigenvalue weighted by atomic mass is 10.1. The molecule has 0 saturated carbocycles. The molecule has 1 N–H and O–H groups in total. The highest BCUT2D eigenvalue weighted by Gasteiger charge is 2.14. The second-order valence-electron chi connectivity index (χ2n) is 4.84. The van der Waals surface area contributed by atoms with Crippen molar-refractivity contribution < 1.29 is 14.7 Å². The smallest absolute Gasteiger partial charge is 0.339 e. The van der Waals surface area contributed by atoms with E-state index in [9.17, 15) is 4.79 Å². The molecule has 0 saturated heterocycles. The molecule has 0 bridgehead atoms. The summed E-state index contributed by atoms with van der Waals surface area (Å²) in [4.78, 5) is 16.8. The molecule has 0 aliphatic heterocycles. The molecular weight excluding hydrogens is 268 g/mol. The lowest BCUT2D eigenvalue weighted by Crippen LogP contribution is -2.13.